The number of piperidine rings is 1. The van der Waals surface area contributed by atoms with Gasteiger partial charge in [-0.25, -0.2) is 8.42 Å². The molecule has 1 fully saturated rings. The first-order valence-electron chi connectivity index (χ1n) is 10.6. The summed E-state index contributed by atoms with van der Waals surface area (Å²) in [4.78, 5) is 26.0. The molecule has 1 unspecified atom stereocenters. The van der Waals surface area contributed by atoms with Crippen molar-refractivity contribution in [3.05, 3.63) is 60.7 Å². The zero-order valence-corrected chi connectivity index (χ0v) is 19.7. The lowest BCUT2D eigenvalue weighted by molar-refractivity contribution is -0.130. The number of carbonyl (C=O) groups is 2. The molecule has 2 atom stereocenters. The Bertz CT molecular complexity index is 1000. The maximum atomic E-state index is 13.0. The summed E-state index contributed by atoms with van der Waals surface area (Å²) in [5, 5.41) is 5.71. The fraction of sp³-hybridized carbons (Fsp3) is 0.391. The third-order valence-corrected chi connectivity index (χ3v) is 7.94. The lowest BCUT2D eigenvalue weighted by atomic mass is 9.98. The minimum absolute atomic E-state index is 0.110. The number of carbonyl (C=O) groups excluding carboxylic acids is 2. The second kappa shape index (κ2) is 11.5. The van der Waals surface area contributed by atoms with Gasteiger partial charge >= 0.3 is 0 Å². The van der Waals surface area contributed by atoms with Gasteiger partial charge in [-0.15, -0.1) is 0 Å². The van der Waals surface area contributed by atoms with Gasteiger partial charge in [0.1, 0.15) is 6.04 Å². The lowest BCUT2D eigenvalue weighted by Gasteiger charge is -2.32. The molecule has 2 amide bonds. The number of anilines is 1. The third kappa shape index (κ3) is 6.34. The number of rotatable bonds is 9. The molecule has 0 bridgehead atoms. The fourth-order valence-electron chi connectivity index (χ4n) is 3.66. The third-order valence-electron chi connectivity index (χ3n) is 5.42. The average Bonchev–Trinajstić information content (AvgIpc) is 2.82. The highest BCUT2D eigenvalue weighted by Gasteiger charge is 2.34. The van der Waals surface area contributed by atoms with Gasteiger partial charge in [0.15, 0.2) is 0 Å². The van der Waals surface area contributed by atoms with Crippen molar-refractivity contribution in [2.45, 2.75) is 30.2 Å². The highest BCUT2D eigenvalue weighted by molar-refractivity contribution is 7.98. The molecule has 2 N–H and O–H groups in total. The smallest absolute Gasteiger partial charge is 0.246 e. The van der Waals surface area contributed by atoms with Gasteiger partial charge in [-0.2, -0.15) is 16.1 Å². The number of nitrogens with zero attached hydrogens (tertiary/aromatic N) is 1. The first-order valence-corrected chi connectivity index (χ1v) is 13.5. The Morgan fingerprint density at radius 3 is 2.41 bits per heavy atom. The summed E-state index contributed by atoms with van der Waals surface area (Å²) in [6, 6.07) is 16.7. The molecule has 32 heavy (non-hydrogen) atoms. The van der Waals surface area contributed by atoms with E-state index in [1.807, 2.05) is 24.5 Å². The van der Waals surface area contributed by atoms with E-state index < -0.39 is 22.0 Å². The molecular formula is C23H29N3O4S2. The van der Waals surface area contributed by atoms with Crippen LogP contribution in [0.3, 0.4) is 0 Å². The van der Waals surface area contributed by atoms with E-state index in [2.05, 4.69) is 10.6 Å². The predicted molar refractivity (Wildman–Crippen MR) is 128 cm³/mol. The molecule has 1 aliphatic heterocycles. The molecule has 0 saturated carbocycles. The molecule has 1 aliphatic rings. The number of sulfonamides is 1. The summed E-state index contributed by atoms with van der Waals surface area (Å²) in [6.45, 7) is 0.490. The number of hydrogen-bond acceptors (Lipinski definition) is 5. The second-order valence-electron chi connectivity index (χ2n) is 7.71. The highest BCUT2D eigenvalue weighted by atomic mass is 32.2. The number of amides is 2. The highest BCUT2D eigenvalue weighted by Crippen LogP contribution is 2.24. The molecule has 3 rings (SSSR count). The first kappa shape index (κ1) is 24.3. The van der Waals surface area contributed by atoms with E-state index >= 15 is 0 Å². The molecule has 0 radical (unpaired) electrons. The van der Waals surface area contributed by atoms with Crippen molar-refractivity contribution in [1.29, 1.82) is 0 Å². The van der Waals surface area contributed by atoms with E-state index in [1.54, 1.807) is 54.2 Å². The fourth-order valence-corrected chi connectivity index (χ4v) is 5.68. The van der Waals surface area contributed by atoms with Crippen LogP contribution in [-0.4, -0.2) is 55.7 Å². The van der Waals surface area contributed by atoms with Crippen LogP contribution in [0.1, 0.15) is 19.3 Å². The van der Waals surface area contributed by atoms with Crippen molar-refractivity contribution in [3.8, 4) is 0 Å². The monoisotopic (exact) mass is 475 g/mol. The van der Waals surface area contributed by atoms with Crippen molar-refractivity contribution in [2.75, 3.05) is 30.4 Å². The van der Waals surface area contributed by atoms with Gasteiger partial charge in [-0.3, -0.25) is 9.59 Å². The molecule has 2 aromatic rings. The van der Waals surface area contributed by atoms with Crippen LogP contribution in [0, 0.1) is 5.92 Å². The molecule has 1 heterocycles. The molecule has 0 aliphatic carbocycles. The van der Waals surface area contributed by atoms with Crippen LogP contribution in [0.15, 0.2) is 65.6 Å². The van der Waals surface area contributed by atoms with Crippen molar-refractivity contribution in [1.82, 2.24) is 9.62 Å². The zero-order valence-electron chi connectivity index (χ0n) is 18.1. The summed E-state index contributed by atoms with van der Waals surface area (Å²) in [7, 11) is -3.66. The van der Waals surface area contributed by atoms with Crippen LogP contribution in [0.5, 0.6) is 0 Å². The molecule has 172 valence electrons. The topological polar surface area (TPSA) is 95.6 Å². The normalized spacial score (nSPS) is 18.0. The van der Waals surface area contributed by atoms with Crippen LogP contribution in [0.2, 0.25) is 0 Å². The number of para-hydroxylation sites is 1. The minimum Gasteiger partial charge on any atom is -0.344 e. The largest absolute Gasteiger partial charge is 0.344 e. The Hall–Kier alpha value is -2.36. The van der Waals surface area contributed by atoms with Gasteiger partial charge in [-0.05, 0) is 55.5 Å². The van der Waals surface area contributed by atoms with E-state index in [4.69, 9.17) is 0 Å². The Kier molecular flexibility index (Phi) is 8.72. The van der Waals surface area contributed by atoms with Gasteiger partial charge in [-0.1, -0.05) is 36.4 Å². The lowest BCUT2D eigenvalue weighted by Crippen LogP contribution is -2.50. The van der Waals surface area contributed by atoms with Gasteiger partial charge in [0.05, 0.1) is 10.8 Å². The molecule has 9 heteroatoms. The average molecular weight is 476 g/mol. The Balaban J connectivity index is 1.66. The van der Waals surface area contributed by atoms with Gasteiger partial charge in [0, 0.05) is 18.8 Å². The van der Waals surface area contributed by atoms with Crippen molar-refractivity contribution < 1.29 is 18.0 Å². The standard InChI is InChI=1S/C23H29N3O4S2/c1-31-16-14-21(23(28)24-19-10-4-2-5-11-19)25-22(27)18-9-8-15-26(17-18)32(29,30)20-12-6-3-7-13-20/h2-7,10-13,18,21H,8-9,14-17H2,1H3,(H,24,28)(H,25,27)/t18?,21-/m1/s1. The van der Waals surface area contributed by atoms with Gasteiger partial charge < -0.3 is 10.6 Å². The van der Waals surface area contributed by atoms with Gasteiger partial charge in [0.25, 0.3) is 0 Å². The summed E-state index contributed by atoms with van der Waals surface area (Å²) in [5.74, 6) is -0.342. The van der Waals surface area contributed by atoms with Crippen LogP contribution in [0.4, 0.5) is 5.69 Å². The predicted octanol–water partition coefficient (Wildman–Crippen LogP) is 2.96. The van der Waals surface area contributed by atoms with Crippen LogP contribution in [0.25, 0.3) is 0 Å². The number of nitrogens with one attached hydrogen (secondary N) is 2. The number of benzene rings is 2. The van der Waals surface area contributed by atoms with Crippen LogP contribution >= 0.6 is 11.8 Å². The van der Waals surface area contributed by atoms with E-state index in [-0.39, 0.29) is 23.3 Å². The molecule has 2 aromatic carbocycles. The second-order valence-corrected chi connectivity index (χ2v) is 10.6. The van der Waals surface area contributed by atoms with E-state index in [0.29, 0.717) is 37.2 Å². The summed E-state index contributed by atoms with van der Waals surface area (Å²) in [5.41, 5.74) is 0.665. The Morgan fingerprint density at radius 1 is 1.09 bits per heavy atom. The molecule has 0 spiro atoms. The summed E-state index contributed by atoms with van der Waals surface area (Å²) >= 11 is 1.60. The first-order chi connectivity index (χ1) is 15.4. The van der Waals surface area contributed by atoms with E-state index in [9.17, 15) is 18.0 Å². The maximum Gasteiger partial charge on any atom is 0.246 e. The maximum absolute atomic E-state index is 13.0. The Morgan fingerprint density at radius 2 is 1.75 bits per heavy atom. The quantitative estimate of drug-likeness (QED) is 0.581. The SMILES string of the molecule is CSCC[C@@H](NC(=O)C1CCCN(S(=O)(=O)c2ccccc2)C1)C(=O)Nc1ccccc1. The zero-order chi connectivity index (χ0) is 23.0. The van der Waals surface area contributed by atoms with Crippen molar-refractivity contribution in [2.24, 2.45) is 5.92 Å². The molecule has 7 nitrogen and oxygen atoms in total. The minimum atomic E-state index is -3.66. The number of thioether (sulfide) groups is 1. The van der Waals surface area contributed by atoms with Crippen LogP contribution < -0.4 is 10.6 Å². The van der Waals surface area contributed by atoms with Gasteiger partial charge in [0.2, 0.25) is 21.8 Å². The molecular weight excluding hydrogens is 446 g/mol. The molecule has 1 saturated heterocycles. The molecule has 0 aromatic heterocycles. The van der Waals surface area contributed by atoms with E-state index in [1.165, 1.54) is 4.31 Å². The van der Waals surface area contributed by atoms with E-state index in [0.717, 1.165) is 0 Å². The summed E-state index contributed by atoms with van der Waals surface area (Å²) < 4.78 is 27.3. The van der Waals surface area contributed by atoms with Crippen LogP contribution in [-0.2, 0) is 19.6 Å². The van der Waals surface area contributed by atoms with Crippen molar-refractivity contribution in [3.63, 3.8) is 0 Å². The number of hydrogen-bond donors (Lipinski definition) is 2. The Labute approximate surface area is 194 Å². The van der Waals surface area contributed by atoms with Crippen molar-refractivity contribution >= 4 is 39.3 Å². The summed E-state index contributed by atoms with van der Waals surface area (Å²) in [6.07, 6.45) is 3.61.